The van der Waals surface area contributed by atoms with E-state index in [0.717, 1.165) is 25.1 Å². The van der Waals surface area contributed by atoms with E-state index in [1.165, 1.54) is 18.2 Å². The molecular formula is C23H22N4O2. The molecule has 2 heterocycles. The third-order valence-corrected chi connectivity index (χ3v) is 4.85. The van der Waals surface area contributed by atoms with Crippen LogP contribution < -0.4 is 15.5 Å². The molecule has 29 heavy (non-hydrogen) atoms. The molecule has 6 nitrogen and oxygen atoms in total. The molecule has 1 aromatic heterocycles. The SMILES string of the molecule is CC(=O)Nc1cccc(NC(=O)c2cncc(N3CCCc4ccccc43)c2)c1. The van der Waals surface area contributed by atoms with Crippen LogP contribution in [0.2, 0.25) is 0 Å². The van der Waals surface area contributed by atoms with E-state index in [2.05, 4.69) is 38.7 Å². The molecule has 4 rings (SSSR count). The Labute approximate surface area is 169 Å². The third kappa shape index (κ3) is 4.27. The smallest absolute Gasteiger partial charge is 0.257 e. The highest BCUT2D eigenvalue weighted by atomic mass is 16.2. The Bertz CT molecular complexity index is 1060. The number of para-hydroxylation sites is 1. The van der Waals surface area contributed by atoms with Gasteiger partial charge in [0, 0.05) is 36.7 Å². The third-order valence-electron chi connectivity index (χ3n) is 4.85. The lowest BCUT2D eigenvalue weighted by Gasteiger charge is -2.31. The number of rotatable bonds is 4. The summed E-state index contributed by atoms with van der Waals surface area (Å²) in [4.78, 5) is 30.5. The van der Waals surface area contributed by atoms with E-state index in [1.54, 1.807) is 36.7 Å². The molecule has 2 N–H and O–H groups in total. The zero-order valence-corrected chi connectivity index (χ0v) is 16.2. The Morgan fingerprint density at radius 3 is 2.59 bits per heavy atom. The van der Waals surface area contributed by atoms with Gasteiger partial charge in [-0.15, -0.1) is 0 Å². The van der Waals surface area contributed by atoms with Crippen LogP contribution in [0.5, 0.6) is 0 Å². The largest absolute Gasteiger partial charge is 0.340 e. The molecule has 1 aliphatic heterocycles. The summed E-state index contributed by atoms with van der Waals surface area (Å²) in [7, 11) is 0. The lowest BCUT2D eigenvalue weighted by Crippen LogP contribution is -2.25. The number of aromatic nitrogens is 1. The Morgan fingerprint density at radius 2 is 1.76 bits per heavy atom. The van der Waals surface area contributed by atoms with Gasteiger partial charge in [0.2, 0.25) is 5.91 Å². The average molecular weight is 386 g/mol. The summed E-state index contributed by atoms with van der Waals surface area (Å²) in [6, 6.07) is 17.2. The van der Waals surface area contributed by atoms with Gasteiger partial charge in [0.1, 0.15) is 0 Å². The zero-order chi connectivity index (χ0) is 20.2. The molecule has 0 saturated carbocycles. The van der Waals surface area contributed by atoms with Crippen molar-refractivity contribution in [2.24, 2.45) is 0 Å². The second-order valence-corrected chi connectivity index (χ2v) is 7.03. The zero-order valence-electron chi connectivity index (χ0n) is 16.2. The van der Waals surface area contributed by atoms with E-state index >= 15 is 0 Å². The molecule has 0 aliphatic carbocycles. The lowest BCUT2D eigenvalue weighted by atomic mass is 10.0. The second-order valence-electron chi connectivity index (χ2n) is 7.03. The van der Waals surface area contributed by atoms with Crippen molar-refractivity contribution < 1.29 is 9.59 Å². The second kappa shape index (κ2) is 8.14. The number of carbonyl (C=O) groups is 2. The van der Waals surface area contributed by atoms with Crippen LogP contribution in [-0.4, -0.2) is 23.3 Å². The number of hydrogen-bond donors (Lipinski definition) is 2. The van der Waals surface area contributed by atoms with Crippen molar-refractivity contribution in [2.75, 3.05) is 22.1 Å². The summed E-state index contributed by atoms with van der Waals surface area (Å²) in [6.07, 6.45) is 5.47. The molecule has 0 fully saturated rings. The fraction of sp³-hybridized carbons (Fsp3) is 0.174. The van der Waals surface area contributed by atoms with Crippen LogP contribution in [-0.2, 0) is 11.2 Å². The predicted octanol–water partition coefficient (Wildman–Crippen LogP) is 4.38. The van der Waals surface area contributed by atoms with Crippen LogP contribution >= 0.6 is 0 Å². The first-order chi connectivity index (χ1) is 14.1. The Morgan fingerprint density at radius 1 is 0.966 bits per heavy atom. The number of hydrogen-bond acceptors (Lipinski definition) is 4. The lowest BCUT2D eigenvalue weighted by molar-refractivity contribution is -0.114. The number of benzene rings is 2. The quantitative estimate of drug-likeness (QED) is 0.698. The minimum Gasteiger partial charge on any atom is -0.340 e. The molecule has 0 radical (unpaired) electrons. The van der Waals surface area contributed by atoms with Crippen molar-refractivity contribution in [1.29, 1.82) is 0 Å². The molecule has 0 saturated heterocycles. The van der Waals surface area contributed by atoms with Gasteiger partial charge in [-0.25, -0.2) is 0 Å². The maximum atomic E-state index is 12.8. The van der Waals surface area contributed by atoms with Gasteiger partial charge in [-0.2, -0.15) is 0 Å². The molecule has 2 aromatic carbocycles. The van der Waals surface area contributed by atoms with Gasteiger partial charge in [-0.3, -0.25) is 14.6 Å². The molecule has 146 valence electrons. The normalized spacial score (nSPS) is 12.8. The maximum Gasteiger partial charge on any atom is 0.257 e. The van der Waals surface area contributed by atoms with Gasteiger partial charge >= 0.3 is 0 Å². The van der Waals surface area contributed by atoms with Gasteiger partial charge in [0.15, 0.2) is 0 Å². The van der Waals surface area contributed by atoms with Crippen LogP contribution in [0.15, 0.2) is 67.0 Å². The van der Waals surface area contributed by atoms with Crippen LogP contribution in [0.25, 0.3) is 0 Å². The van der Waals surface area contributed by atoms with Gasteiger partial charge < -0.3 is 15.5 Å². The van der Waals surface area contributed by atoms with Crippen LogP contribution in [0.1, 0.15) is 29.3 Å². The van der Waals surface area contributed by atoms with E-state index in [9.17, 15) is 9.59 Å². The van der Waals surface area contributed by atoms with Crippen LogP contribution in [0.4, 0.5) is 22.7 Å². The van der Waals surface area contributed by atoms with E-state index < -0.39 is 0 Å². The number of aryl methyl sites for hydroxylation is 1. The minimum atomic E-state index is -0.246. The summed E-state index contributed by atoms with van der Waals surface area (Å²) in [5.74, 6) is -0.406. The van der Waals surface area contributed by atoms with Crippen molar-refractivity contribution in [3.63, 3.8) is 0 Å². The summed E-state index contributed by atoms with van der Waals surface area (Å²) in [6.45, 7) is 2.34. The molecule has 3 aromatic rings. The molecule has 2 amide bonds. The highest BCUT2D eigenvalue weighted by molar-refractivity contribution is 6.05. The molecule has 0 bridgehead atoms. The Hall–Kier alpha value is -3.67. The standard InChI is InChI=1S/C23H22N4O2/c1-16(28)25-19-8-4-9-20(13-19)26-23(29)18-12-21(15-24-14-18)27-11-5-7-17-6-2-3-10-22(17)27/h2-4,6,8-10,12-15H,5,7,11H2,1H3,(H,25,28)(H,26,29). The average Bonchev–Trinajstić information content (AvgIpc) is 2.73. The molecule has 0 atom stereocenters. The number of nitrogens with one attached hydrogen (secondary N) is 2. The first-order valence-electron chi connectivity index (χ1n) is 9.60. The van der Waals surface area contributed by atoms with Crippen LogP contribution in [0, 0.1) is 0 Å². The Kier molecular flexibility index (Phi) is 5.24. The molecule has 0 unspecified atom stereocenters. The topological polar surface area (TPSA) is 74.3 Å². The van der Waals surface area contributed by atoms with Crippen molar-refractivity contribution in [2.45, 2.75) is 19.8 Å². The van der Waals surface area contributed by atoms with Gasteiger partial charge in [-0.05, 0) is 48.7 Å². The predicted molar refractivity (Wildman–Crippen MR) is 115 cm³/mol. The Balaban J connectivity index is 1.55. The van der Waals surface area contributed by atoms with E-state index in [1.807, 2.05) is 12.1 Å². The number of nitrogens with zero attached hydrogens (tertiary/aromatic N) is 2. The summed E-state index contributed by atoms with van der Waals surface area (Å²) in [5, 5.41) is 5.58. The summed E-state index contributed by atoms with van der Waals surface area (Å²) < 4.78 is 0. The highest BCUT2D eigenvalue weighted by Crippen LogP contribution is 2.33. The number of pyridine rings is 1. The summed E-state index contributed by atoms with van der Waals surface area (Å²) >= 11 is 0. The van der Waals surface area contributed by atoms with Gasteiger partial charge in [-0.1, -0.05) is 24.3 Å². The number of anilines is 4. The fourth-order valence-corrected chi connectivity index (χ4v) is 3.58. The first-order valence-corrected chi connectivity index (χ1v) is 9.60. The van der Waals surface area contributed by atoms with Gasteiger partial charge in [0.25, 0.3) is 5.91 Å². The van der Waals surface area contributed by atoms with E-state index in [-0.39, 0.29) is 11.8 Å². The minimum absolute atomic E-state index is 0.160. The van der Waals surface area contributed by atoms with Crippen molar-refractivity contribution in [3.8, 4) is 0 Å². The number of fused-ring (bicyclic) bond motifs is 1. The first kappa shape index (κ1) is 18.7. The van der Waals surface area contributed by atoms with Crippen molar-refractivity contribution in [3.05, 3.63) is 78.1 Å². The van der Waals surface area contributed by atoms with E-state index in [0.29, 0.717) is 16.9 Å². The summed E-state index contributed by atoms with van der Waals surface area (Å²) in [5.41, 5.74) is 5.10. The van der Waals surface area contributed by atoms with Gasteiger partial charge in [0.05, 0.1) is 17.4 Å². The highest BCUT2D eigenvalue weighted by Gasteiger charge is 2.19. The molecule has 1 aliphatic rings. The monoisotopic (exact) mass is 386 g/mol. The van der Waals surface area contributed by atoms with Crippen molar-refractivity contribution >= 4 is 34.6 Å². The maximum absolute atomic E-state index is 12.8. The molecular weight excluding hydrogens is 364 g/mol. The van der Waals surface area contributed by atoms with Crippen LogP contribution in [0.3, 0.4) is 0 Å². The number of amides is 2. The number of carbonyl (C=O) groups excluding carboxylic acids is 2. The van der Waals surface area contributed by atoms with E-state index in [4.69, 9.17) is 0 Å². The molecule has 0 spiro atoms. The molecule has 6 heteroatoms. The fourth-order valence-electron chi connectivity index (χ4n) is 3.58. The van der Waals surface area contributed by atoms with Crippen molar-refractivity contribution in [1.82, 2.24) is 4.98 Å².